The van der Waals surface area contributed by atoms with Gasteiger partial charge in [0.1, 0.15) is 0 Å². The van der Waals surface area contributed by atoms with E-state index < -0.39 is 22.5 Å². The maximum atomic E-state index is 12.1. The average Bonchev–Trinajstić information content (AvgIpc) is 3.01. The van der Waals surface area contributed by atoms with Crippen LogP contribution >= 0.6 is 11.6 Å². The minimum Gasteiger partial charge on any atom is -0.454 e. The van der Waals surface area contributed by atoms with Gasteiger partial charge in [-0.15, -0.1) is 0 Å². The lowest BCUT2D eigenvalue weighted by atomic mass is 10.3. The van der Waals surface area contributed by atoms with Gasteiger partial charge in [-0.1, -0.05) is 11.6 Å². The monoisotopic (exact) mass is 368 g/mol. The smallest absolute Gasteiger partial charge is 0.241 e. The number of ether oxygens (including phenoxy) is 2. The molecule has 0 saturated carbocycles. The summed E-state index contributed by atoms with van der Waals surface area (Å²) in [6.45, 7) is -0.271. The molecule has 1 aliphatic heterocycles. The Morgan fingerprint density at radius 1 is 1.08 bits per heavy atom. The summed E-state index contributed by atoms with van der Waals surface area (Å²) in [4.78, 5) is 11.9. The van der Waals surface area contributed by atoms with E-state index in [4.69, 9.17) is 21.1 Å². The van der Waals surface area contributed by atoms with Gasteiger partial charge in [0.2, 0.25) is 22.7 Å². The molecule has 1 aliphatic rings. The Kier molecular flexibility index (Phi) is 4.61. The Hall–Kier alpha value is -2.29. The van der Waals surface area contributed by atoms with Gasteiger partial charge in [-0.05, 0) is 36.4 Å². The number of hydrogen-bond donors (Lipinski definition) is 2. The maximum Gasteiger partial charge on any atom is 0.241 e. The summed E-state index contributed by atoms with van der Waals surface area (Å²) < 4.78 is 36.8. The van der Waals surface area contributed by atoms with Gasteiger partial charge in [0.25, 0.3) is 0 Å². The van der Waals surface area contributed by atoms with Crippen molar-refractivity contribution in [1.29, 1.82) is 0 Å². The molecule has 2 aromatic rings. The molecule has 0 aromatic heterocycles. The molecular weight excluding hydrogens is 356 g/mol. The van der Waals surface area contributed by atoms with Crippen molar-refractivity contribution in [1.82, 2.24) is 4.72 Å². The van der Waals surface area contributed by atoms with Crippen molar-refractivity contribution in [3.63, 3.8) is 0 Å². The third-order valence-corrected chi connectivity index (χ3v) is 4.87. The van der Waals surface area contributed by atoms with Crippen molar-refractivity contribution in [2.45, 2.75) is 4.90 Å². The fourth-order valence-corrected chi connectivity index (χ4v) is 3.15. The number of benzene rings is 2. The minimum absolute atomic E-state index is 0.0304. The van der Waals surface area contributed by atoms with E-state index in [0.29, 0.717) is 22.2 Å². The number of fused-ring (bicyclic) bond motifs is 1. The van der Waals surface area contributed by atoms with Gasteiger partial charge in [-0.25, -0.2) is 13.1 Å². The van der Waals surface area contributed by atoms with Gasteiger partial charge in [-0.3, -0.25) is 4.79 Å². The predicted molar refractivity (Wildman–Crippen MR) is 87.8 cm³/mol. The highest BCUT2D eigenvalue weighted by molar-refractivity contribution is 7.89. The molecule has 0 saturated heterocycles. The molecule has 0 bridgehead atoms. The van der Waals surface area contributed by atoms with Crippen LogP contribution in [0.2, 0.25) is 5.02 Å². The summed E-state index contributed by atoms with van der Waals surface area (Å²) >= 11 is 5.72. The lowest BCUT2D eigenvalue weighted by Crippen LogP contribution is -2.32. The molecule has 1 amide bonds. The van der Waals surface area contributed by atoms with E-state index in [1.807, 2.05) is 0 Å². The molecule has 24 heavy (non-hydrogen) atoms. The third-order valence-electron chi connectivity index (χ3n) is 3.20. The zero-order chi connectivity index (χ0) is 17.2. The zero-order valence-electron chi connectivity index (χ0n) is 12.3. The average molecular weight is 369 g/mol. The molecule has 0 atom stereocenters. The molecule has 9 heteroatoms. The van der Waals surface area contributed by atoms with Crippen molar-refractivity contribution in [2.24, 2.45) is 0 Å². The predicted octanol–water partition coefficient (Wildman–Crippen LogP) is 1.99. The Morgan fingerprint density at radius 3 is 2.54 bits per heavy atom. The van der Waals surface area contributed by atoms with Gasteiger partial charge in [0.05, 0.1) is 11.4 Å². The number of nitrogens with one attached hydrogen (secondary N) is 2. The van der Waals surface area contributed by atoms with Gasteiger partial charge in [0.15, 0.2) is 11.5 Å². The minimum atomic E-state index is -3.79. The first-order chi connectivity index (χ1) is 11.4. The highest BCUT2D eigenvalue weighted by Gasteiger charge is 2.17. The summed E-state index contributed by atoms with van der Waals surface area (Å²) in [5, 5.41) is 3.01. The fraction of sp³-hybridized carbons (Fsp3) is 0.133. The van der Waals surface area contributed by atoms with Crippen LogP contribution in [0.1, 0.15) is 0 Å². The maximum absolute atomic E-state index is 12.1. The number of rotatable bonds is 5. The molecular formula is C15H13ClN2O5S. The van der Waals surface area contributed by atoms with Gasteiger partial charge < -0.3 is 14.8 Å². The van der Waals surface area contributed by atoms with Crippen molar-refractivity contribution < 1.29 is 22.7 Å². The van der Waals surface area contributed by atoms with E-state index in [2.05, 4.69) is 10.0 Å². The quantitative estimate of drug-likeness (QED) is 0.841. The lowest BCUT2D eigenvalue weighted by molar-refractivity contribution is -0.115. The van der Waals surface area contributed by atoms with Crippen LogP contribution in [0.15, 0.2) is 47.4 Å². The zero-order valence-corrected chi connectivity index (χ0v) is 13.9. The van der Waals surface area contributed by atoms with E-state index in [0.717, 1.165) is 0 Å². The molecule has 2 N–H and O–H groups in total. The van der Waals surface area contributed by atoms with Crippen LogP contribution in [-0.2, 0) is 14.8 Å². The Balaban J connectivity index is 1.60. The van der Waals surface area contributed by atoms with Crippen LogP contribution in [0.4, 0.5) is 5.69 Å². The topological polar surface area (TPSA) is 93.7 Å². The molecule has 0 aliphatic carbocycles. The Bertz CT molecular complexity index is 868. The SMILES string of the molecule is O=C(CNS(=O)(=O)c1ccc(Cl)cc1)Nc1ccc2c(c1)OCO2. The van der Waals surface area contributed by atoms with Gasteiger partial charge in [-0.2, -0.15) is 0 Å². The second kappa shape index (κ2) is 6.68. The van der Waals surface area contributed by atoms with Gasteiger partial charge >= 0.3 is 0 Å². The van der Waals surface area contributed by atoms with E-state index in [9.17, 15) is 13.2 Å². The van der Waals surface area contributed by atoms with Crippen molar-refractivity contribution in [2.75, 3.05) is 18.7 Å². The number of anilines is 1. The van der Waals surface area contributed by atoms with Crippen molar-refractivity contribution in [3.05, 3.63) is 47.5 Å². The van der Waals surface area contributed by atoms with E-state index in [1.165, 1.54) is 24.3 Å². The van der Waals surface area contributed by atoms with Crippen LogP contribution in [0.25, 0.3) is 0 Å². The highest BCUT2D eigenvalue weighted by Crippen LogP contribution is 2.34. The number of amides is 1. The molecule has 0 spiro atoms. The number of hydrogen-bond acceptors (Lipinski definition) is 5. The van der Waals surface area contributed by atoms with E-state index >= 15 is 0 Å². The molecule has 0 fully saturated rings. The van der Waals surface area contributed by atoms with Crippen LogP contribution in [0.5, 0.6) is 11.5 Å². The number of halogens is 1. The summed E-state index contributed by atoms with van der Waals surface area (Å²) in [6, 6.07) is 10.6. The van der Waals surface area contributed by atoms with Crippen molar-refractivity contribution >= 4 is 33.2 Å². The molecule has 126 valence electrons. The molecule has 7 nitrogen and oxygen atoms in total. The summed E-state index contributed by atoms with van der Waals surface area (Å²) in [5.74, 6) is 0.609. The largest absolute Gasteiger partial charge is 0.454 e. The Labute approximate surface area is 143 Å². The second-order valence-electron chi connectivity index (χ2n) is 4.89. The lowest BCUT2D eigenvalue weighted by Gasteiger charge is -2.08. The molecule has 0 unspecified atom stereocenters. The van der Waals surface area contributed by atoms with Crippen molar-refractivity contribution in [3.8, 4) is 11.5 Å². The van der Waals surface area contributed by atoms with E-state index in [1.54, 1.807) is 18.2 Å². The molecule has 0 radical (unpaired) electrons. The first kappa shape index (κ1) is 16.6. The molecule has 1 heterocycles. The summed E-state index contributed by atoms with van der Waals surface area (Å²) in [6.07, 6.45) is 0. The standard InChI is InChI=1S/C15H13ClN2O5S/c16-10-1-4-12(5-2-10)24(20,21)17-8-15(19)18-11-3-6-13-14(7-11)23-9-22-13/h1-7,17H,8-9H2,(H,18,19). The number of carbonyl (C=O) groups excluding carboxylic acids is 1. The number of carbonyl (C=O) groups is 1. The third kappa shape index (κ3) is 3.78. The molecule has 2 aromatic carbocycles. The summed E-state index contributed by atoms with van der Waals surface area (Å²) in [5.41, 5.74) is 0.481. The van der Waals surface area contributed by atoms with Gasteiger partial charge in [0, 0.05) is 16.8 Å². The van der Waals surface area contributed by atoms with E-state index in [-0.39, 0.29) is 11.7 Å². The first-order valence-electron chi connectivity index (χ1n) is 6.89. The fourth-order valence-electron chi connectivity index (χ4n) is 2.04. The normalized spacial score (nSPS) is 12.9. The highest BCUT2D eigenvalue weighted by atomic mass is 35.5. The summed E-state index contributed by atoms with van der Waals surface area (Å²) in [7, 11) is -3.79. The number of sulfonamides is 1. The van der Waals surface area contributed by atoms with Crippen LogP contribution in [0, 0.1) is 0 Å². The first-order valence-corrected chi connectivity index (χ1v) is 8.75. The van der Waals surface area contributed by atoms with Crippen LogP contribution in [-0.4, -0.2) is 27.7 Å². The molecule has 3 rings (SSSR count). The second-order valence-corrected chi connectivity index (χ2v) is 7.10. The van der Waals surface area contributed by atoms with Crippen LogP contribution < -0.4 is 19.5 Å². The van der Waals surface area contributed by atoms with Crippen LogP contribution in [0.3, 0.4) is 0 Å². The Morgan fingerprint density at radius 2 is 1.79 bits per heavy atom.